The van der Waals surface area contributed by atoms with Gasteiger partial charge in [-0.3, -0.25) is 14.2 Å². The van der Waals surface area contributed by atoms with Gasteiger partial charge in [0, 0.05) is 22.2 Å². The third-order valence-corrected chi connectivity index (χ3v) is 6.06. The summed E-state index contributed by atoms with van der Waals surface area (Å²) in [6.45, 7) is 2.55. The van der Waals surface area contributed by atoms with E-state index in [4.69, 9.17) is 0 Å². The number of rotatable bonds is 2. The fourth-order valence-corrected chi connectivity index (χ4v) is 4.67. The Hall–Kier alpha value is -1.74. The minimum atomic E-state index is -0.193. The van der Waals surface area contributed by atoms with Gasteiger partial charge in [-0.2, -0.15) is 0 Å². The van der Waals surface area contributed by atoms with Gasteiger partial charge in [-0.25, -0.2) is 4.98 Å². The fraction of sp³-hybridized carbons (Fsp3) is 0.235. The molecule has 0 bridgehead atoms. The van der Waals surface area contributed by atoms with Crippen LogP contribution >= 0.6 is 33.9 Å². The van der Waals surface area contributed by atoms with Crippen molar-refractivity contribution in [3.8, 4) is 0 Å². The topological polar surface area (TPSA) is 64.0 Å². The minimum Gasteiger partial charge on any atom is -0.321 e. The number of nitrogens with one attached hydrogen (secondary N) is 1. The zero-order valence-corrected chi connectivity index (χ0v) is 15.9. The first-order valence-electron chi connectivity index (χ1n) is 7.64. The van der Waals surface area contributed by atoms with Crippen LogP contribution in [0.4, 0.5) is 5.69 Å². The molecule has 1 aromatic carbocycles. The quantitative estimate of drug-likeness (QED) is 0.607. The van der Waals surface area contributed by atoms with Gasteiger partial charge >= 0.3 is 0 Å². The molecule has 0 aliphatic carbocycles. The molecule has 0 spiro atoms. The highest BCUT2D eigenvalue weighted by molar-refractivity contribution is 14.1. The van der Waals surface area contributed by atoms with Crippen LogP contribution in [0.15, 0.2) is 29.1 Å². The summed E-state index contributed by atoms with van der Waals surface area (Å²) < 4.78 is 2.79. The van der Waals surface area contributed by atoms with Gasteiger partial charge in [-0.1, -0.05) is 6.07 Å². The van der Waals surface area contributed by atoms with Gasteiger partial charge in [0.25, 0.3) is 11.5 Å². The largest absolute Gasteiger partial charge is 0.321 e. The van der Waals surface area contributed by atoms with Crippen molar-refractivity contribution < 1.29 is 4.79 Å². The summed E-state index contributed by atoms with van der Waals surface area (Å²) in [7, 11) is 0. The second-order valence-corrected chi connectivity index (χ2v) is 8.03. The first kappa shape index (κ1) is 15.8. The lowest BCUT2D eigenvalue weighted by Gasteiger charge is -2.04. The number of halogens is 1. The number of thiophene rings is 1. The maximum atomic E-state index is 12.7. The summed E-state index contributed by atoms with van der Waals surface area (Å²) in [5.74, 6) is 0.639. The van der Waals surface area contributed by atoms with Crippen LogP contribution in [0.1, 0.15) is 27.5 Å². The Morgan fingerprint density at radius 1 is 1.42 bits per heavy atom. The molecule has 4 rings (SSSR count). The lowest BCUT2D eigenvalue weighted by atomic mass is 10.2. The predicted molar refractivity (Wildman–Crippen MR) is 104 cm³/mol. The van der Waals surface area contributed by atoms with Crippen LogP contribution in [-0.2, 0) is 13.0 Å². The second-order valence-electron chi connectivity index (χ2n) is 5.79. The molecule has 0 unspecified atom stereocenters. The SMILES string of the molecule is Cc1c(C(=O)Nc2cccc(I)c2)sc2nc3n(c(=O)c12)CCC3. The Labute approximate surface area is 155 Å². The van der Waals surface area contributed by atoms with Crippen LogP contribution in [-0.4, -0.2) is 15.5 Å². The van der Waals surface area contributed by atoms with Crippen LogP contribution < -0.4 is 10.9 Å². The van der Waals surface area contributed by atoms with Crippen molar-refractivity contribution in [2.45, 2.75) is 26.3 Å². The zero-order valence-electron chi connectivity index (χ0n) is 12.9. The molecule has 5 nitrogen and oxygen atoms in total. The number of carbonyl (C=O) groups is 1. The van der Waals surface area contributed by atoms with Crippen molar-refractivity contribution in [2.75, 3.05) is 5.32 Å². The smallest absolute Gasteiger partial charge is 0.266 e. The van der Waals surface area contributed by atoms with Gasteiger partial charge in [0.1, 0.15) is 10.7 Å². The number of fused-ring (bicyclic) bond motifs is 2. The Morgan fingerprint density at radius 3 is 3.04 bits per heavy atom. The number of carbonyl (C=O) groups excluding carboxylic acids is 1. The average molecular weight is 451 g/mol. The maximum Gasteiger partial charge on any atom is 0.266 e. The Morgan fingerprint density at radius 2 is 2.25 bits per heavy atom. The lowest BCUT2D eigenvalue weighted by molar-refractivity contribution is 0.103. The fourth-order valence-electron chi connectivity index (χ4n) is 3.05. The molecule has 24 heavy (non-hydrogen) atoms. The number of anilines is 1. The molecular weight excluding hydrogens is 437 g/mol. The molecule has 1 N–H and O–H groups in total. The van der Waals surface area contributed by atoms with E-state index in [-0.39, 0.29) is 11.5 Å². The molecule has 0 saturated carbocycles. The Kier molecular flexibility index (Phi) is 3.92. The first-order chi connectivity index (χ1) is 11.5. The number of aryl methyl sites for hydroxylation is 2. The number of amides is 1. The van der Waals surface area contributed by atoms with E-state index in [2.05, 4.69) is 32.9 Å². The molecule has 0 radical (unpaired) electrons. The van der Waals surface area contributed by atoms with Crippen molar-refractivity contribution in [1.29, 1.82) is 0 Å². The number of benzene rings is 1. The van der Waals surface area contributed by atoms with Gasteiger partial charge < -0.3 is 5.32 Å². The maximum absolute atomic E-state index is 12.7. The molecule has 3 aromatic rings. The standard InChI is InChI=1S/C17H14IN3O2S/c1-9-13-16(20-12-6-3-7-21(12)17(13)23)24-14(9)15(22)19-11-5-2-4-10(18)8-11/h2,4-5,8H,3,6-7H2,1H3,(H,19,22). The van der Waals surface area contributed by atoms with E-state index in [9.17, 15) is 9.59 Å². The van der Waals surface area contributed by atoms with Crippen LogP contribution in [0.2, 0.25) is 0 Å². The highest BCUT2D eigenvalue weighted by Gasteiger charge is 2.23. The van der Waals surface area contributed by atoms with Gasteiger partial charge in [-0.05, 0) is 59.7 Å². The van der Waals surface area contributed by atoms with Crippen LogP contribution in [0.5, 0.6) is 0 Å². The van der Waals surface area contributed by atoms with E-state index in [1.54, 1.807) is 4.57 Å². The summed E-state index contributed by atoms with van der Waals surface area (Å²) in [4.78, 5) is 31.1. The van der Waals surface area contributed by atoms with E-state index in [1.165, 1.54) is 11.3 Å². The summed E-state index contributed by atoms with van der Waals surface area (Å²) in [6.07, 6.45) is 1.78. The third-order valence-electron chi connectivity index (χ3n) is 4.20. The summed E-state index contributed by atoms with van der Waals surface area (Å²) in [6, 6.07) is 7.62. The molecule has 0 saturated heterocycles. The predicted octanol–water partition coefficient (Wildman–Crippen LogP) is 3.57. The summed E-state index contributed by atoms with van der Waals surface area (Å²) in [5, 5.41) is 3.49. The van der Waals surface area contributed by atoms with E-state index >= 15 is 0 Å². The monoisotopic (exact) mass is 451 g/mol. The van der Waals surface area contributed by atoms with Crippen molar-refractivity contribution >= 4 is 55.7 Å². The minimum absolute atomic E-state index is 0.0189. The Balaban J connectivity index is 1.77. The lowest BCUT2D eigenvalue weighted by Crippen LogP contribution is -2.20. The molecule has 0 fully saturated rings. The number of nitrogens with zero attached hydrogens (tertiary/aromatic N) is 2. The molecule has 1 aliphatic rings. The molecule has 0 atom stereocenters. The van der Waals surface area contributed by atoms with Crippen molar-refractivity contribution in [3.63, 3.8) is 0 Å². The first-order valence-corrected chi connectivity index (χ1v) is 9.54. The highest BCUT2D eigenvalue weighted by Crippen LogP contribution is 2.29. The van der Waals surface area contributed by atoms with E-state index in [0.29, 0.717) is 15.1 Å². The Bertz CT molecular complexity index is 1040. The molecule has 2 aromatic heterocycles. The summed E-state index contributed by atoms with van der Waals surface area (Å²) in [5.41, 5.74) is 1.45. The van der Waals surface area contributed by atoms with E-state index < -0.39 is 0 Å². The number of hydrogen-bond donors (Lipinski definition) is 1. The zero-order chi connectivity index (χ0) is 16.8. The van der Waals surface area contributed by atoms with Crippen molar-refractivity contribution in [1.82, 2.24) is 9.55 Å². The molecule has 122 valence electrons. The van der Waals surface area contributed by atoms with E-state index in [0.717, 1.165) is 40.0 Å². The van der Waals surface area contributed by atoms with Gasteiger partial charge in [0.05, 0.1) is 10.3 Å². The van der Waals surface area contributed by atoms with E-state index in [1.807, 2.05) is 31.2 Å². The molecular formula is C17H14IN3O2S. The van der Waals surface area contributed by atoms with Crippen LogP contribution in [0.25, 0.3) is 10.2 Å². The average Bonchev–Trinajstić information content (AvgIpc) is 3.13. The van der Waals surface area contributed by atoms with Crippen LogP contribution in [0.3, 0.4) is 0 Å². The molecule has 1 aliphatic heterocycles. The highest BCUT2D eigenvalue weighted by atomic mass is 127. The summed E-state index contributed by atoms with van der Waals surface area (Å²) >= 11 is 3.50. The molecule has 7 heteroatoms. The number of hydrogen-bond acceptors (Lipinski definition) is 4. The van der Waals surface area contributed by atoms with Crippen molar-refractivity contribution in [3.05, 3.63) is 54.5 Å². The van der Waals surface area contributed by atoms with Gasteiger partial charge in [0.15, 0.2) is 0 Å². The normalized spacial score (nSPS) is 13.2. The third kappa shape index (κ3) is 2.55. The second kappa shape index (κ2) is 5.96. The van der Waals surface area contributed by atoms with Crippen molar-refractivity contribution in [2.24, 2.45) is 0 Å². The van der Waals surface area contributed by atoms with Crippen LogP contribution in [0, 0.1) is 10.5 Å². The van der Waals surface area contributed by atoms with Gasteiger partial charge in [-0.15, -0.1) is 11.3 Å². The van der Waals surface area contributed by atoms with Gasteiger partial charge in [0.2, 0.25) is 0 Å². The molecule has 3 heterocycles. The number of aromatic nitrogens is 2. The molecule has 1 amide bonds.